The van der Waals surface area contributed by atoms with Gasteiger partial charge in [0.05, 0.1) is 0 Å². The van der Waals surface area contributed by atoms with Gasteiger partial charge in [0.25, 0.3) is 5.91 Å². The maximum atomic E-state index is 12.7. The minimum atomic E-state index is -0.638. The minimum absolute atomic E-state index is 0.0262. The molecule has 27 heavy (non-hydrogen) atoms. The van der Waals surface area contributed by atoms with E-state index in [0.29, 0.717) is 37.7 Å². The lowest BCUT2D eigenvalue weighted by Gasteiger charge is -2.36. The Morgan fingerprint density at radius 1 is 1.00 bits per heavy atom. The molecule has 1 aromatic heterocycles. The Balaban J connectivity index is 1.30. The number of piperazine rings is 1. The van der Waals surface area contributed by atoms with Crippen molar-refractivity contribution in [3.05, 3.63) is 52.7 Å². The number of benzene rings is 1. The van der Waals surface area contributed by atoms with Crippen molar-refractivity contribution >= 4 is 29.2 Å². The molecule has 0 bridgehead atoms. The standard InChI is InChI=1S/C20H20N2O4S/c23-19(8-7-15-4-3-13-27-15)21-9-11-22(12-10-21)20(24)18-14-25-16-5-1-2-6-17(16)26-18/h1-8,13,18H,9-12,14H2. The average Bonchev–Trinajstić information content (AvgIpc) is 3.25. The van der Waals surface area contributed by atoms with E-state index in [9.17, 15) is 9.59 Å². The van der Waals surface area contributed by atoms with Crippen LogP contribution in [0.25, 0.3) is 6.08 Å². The first-order chi connectivity index (χ1) is 13.2. The van der Waals surface area contributed by atoms with E-state index in [0.717, 1.165) is 4.88 Å². The number of hydrogen-bond donors (Lipinski definition) is 0. The Bertz CT molecular complexity index is 841. The monoisotopic (exact) mass is 384 g/mol. The number of fused-ring (bicyclic) bond motifs is 1. The first kappa shape index (κ1) is 17.6. The van der Waals surface area contributed by atoms with Crippen LogP contribution in [-0.4, -0.2) is 60.5 Å². The molecule has 1 aromatic carbocycles. The molecule has 3 heterocycles. The summed E-state index contributed by atoms with van der Waals surface area (Å²) in [6.45, 7) is 2.24. The summed E-state index contributed by atoms with van der Waals surface area (Å²) in [5.74, 6) is 1.14. The number of carbonyl (C=O) groups excluding carboxylic acids is 2. The second-order valence-electron chi connectivity index (χ2n) is 6.36. The van der Waals surface area contributed by atoms with E-state index < -0.39 is 6.10 Å². The van der Waals surface area contributed by atoms with E-state index in [2.05, 4.69) is 0 Å². The molecule has 6 nitrogen and oxygen atoms in total. The third-order valence-corrected chi connectivity index (χ3v) is 5.46. The quantitative estimate of drug-likeness (QED) is 0.762. The van der Waals surface area contributed by atoms with Gasteiger partial charge >= 0.3 is 0 Å². The molecule has 0 radical (unpaired) electrons. The highest BCUT2D eigenvalue weighted by Crippen LogP contribution is 2.31. The molecular formula is C20H20N2O4S. The van der Waals surface area contributed by atoms with E-state index in [1.54, 1.807) is 33.3 Å². The third kappa shape index (κ3) is 3.98. The number of carbonyl (C=O) groups is 2. The highest BCUT2D eigenvalue weighted by Gasteiger charge is 2.33. The molecule has 1 unspecified atom stereocenters. The van der Waals surface area contributed by atoms with Crippen molar-refractivity contribution in [2.45, 2.75) is 6.10 Å². The molecule has 2 aromatic rings. The molecule has 1 atom stereocenters. The molecular weight excluding hydrogens is 364 g/mol. The van der Waals surface area contributed by atoms with Gasteiger partial charge in [-0.1, -0.05) is 18.2 Å². The molecule has 2 amide bonds. The molecule has 140 valence electrons. The average molecular weight is 384 g/mol. The van der Waals surface area contributed by atoms with Crippen molar-refractivity contribution in [1.82, 2.24) is 9.80 Å². The van der Waals surface area contributed by atoms with Crippen molar-refractivity contribution < 1.29 is 19.1 Å². The summed E-state index contributed by atoms with van der Waals surface area (Å²) in [6, 6.07) is 11.3. The molecule has 1 fully saturated rings. The van der Waals surface area contributed by atoms with Crippen LogP contribution in [0, 0.1) is 0 Å². The first-order valence-electron chi connectivity index (χ1n) is 8.88. The number of rotatable bonds is 3. The number of amides is 2. The smallest absolute Gasteiger partial charge is 0.267 e. The minimum Gasteiger partial charge on any atom is -0.485 e. The number of thiophene rings is 1. The van der Waals surface area contributed by atoms with E-state index in [4.69, 9.17) is 9.47 Å². The van der Waals surface area contributed by atoms with E-state index in [1.807, 2.05) is 41.8 Å². The maximum Gasteiger partial charge on any atom is 0.267 e. The van der Waals surface area contributed by atoms with Crippen molar-refractivity contribution in [3.8, 4) is 11.5 Å². The van der Waals surface area contributed by atoms with Crippen LogP contribution in [-0.2, 0) is 9.59 Å². The topological polar surface area (TPSA) is 59.1 Å². The number of para-hydroxylation sites is 2. The molecule has 4 rings (SSSR count). The fraction of sp³-hybridized carbons (Fsp3) is 0.300. The van der Waals surface area contributed by atoms with Crippen molar-refractivity contribution in [2.75, 3.05) is 32.8 Å². The van der Waals surface area contributed by atoms with Crippen molar-refractivity contribution in [3.63, 3.8) is 0 Å². The fourth-order valence-corrected chi connectivity index (χ4v) is 3.76. The molecule has 7 heteroatoms. The lowest BCUT2D eigenvalue weighted by Crippen LogP contribution is -2.54. The Morgan fingerprint density at radius 3 is 2.48 bits per heavy atom. The van der Waals surface area contributed by atoms with Gasteiger partial charge in [-0.15, -0.1) is 11.3 Å². The Labute approximate surface area is 161 Å². The van der Waals surface area contributed by atoms with Gasteiger partial charge in [0, 0.05) is 37.1 Å². The van der Waals surface area contributed by atoms with E-state index in [1.165, 1.54) is 0 Å². The predicted molar refractivity (Wildman–Crippen MR) is 103 cm³/mol. The van der Waals surface area contributed by atoms with Crippen molar-refractivity contribution in [1.29, 1.82) is 0 Å². The molecule has 1 saturated heterocycles. The number of hydrogen-bond acceptors (Lipinski definition) is 5. The summed E-state index contributed by atoms with van der Waals surface area (Å²) in [4.78, 5) is 29.6. The zero-order valence-corrected chi connectivity index (χ0v) is 15.6. The normalized spacial score (nSPS) is 19.3. The molecule has 0 aliphatic carbocycles. The zero-order chi connectivity index (χ0) is 18.6. The van der Waals surface area contributed by atoms with Gasteiger partial charge in [0.2, 0.25) is 12.0 Å². The first-order valence-corrected chi connectivity index (χ1v) is 9.76. The van der Waals surface area contributed by atoms with Gasteiger partial charge < -0.3 is 19.3 Å². The van der Waals surface area contributed by atoms with Crippen molar-refractivity contribution in [2.24, 2.45) is 0 Å². The van der Waals surface area contributed by atoms with Gasteiger partial charge in [-0.3, -0.25) is 9.59 Å². The fourth-order valence-electron chi connectivity index (χ4n) is 3.14. The molecule has 0 saturated carbocycles. The second kappa shape index (κ2) is 7.84. The van der Waals surface area contributed by atoms with Crippen LogP contribution in [0.15, 0.2) is 47.9 Å². The van der Waals surface area contributed by atoms with E-state index in [-0.39, 0.29) is 18.4 Å². The van der Waals surface area contributed by atoms with Gasteiger partial charge in [-0.25, -0.2) is 0 Å². The summed E-state index contributed by atoms with van der Waals surface area (Å²) in [7, 11) is 0. The number of ether oxygens (including phenoxy) is 2. The third-order valence-electron chi connectivity index (χ3n) is 4.62. The molecule has 0 spiro atoms. The predicted octanol–water partition coefficient (Wildman–Crippen LogP) is 2.27. The van der Waals surface area contributed by atoms with Gasteiger partial charge in [-0.05, 0) is 29.7 Å². The van der Waals surface area contributed by atoms with Crippen LogP contribution in [0.1, 0.15) is 4.88 Å². The van der Waals surface area contributed by atoms with Gasteiger partial charge in [0.1, 0.15) is 6.61 Å². The summed E-state index contributed by atoms with van der Waals surface area (Å²) >= 11 is 1.59. The Hall–Kier alpha value is -2.80. The summed E-state index contributed by atoms with van der Waals surface area (Å²) in [5, 5.41) is 1.98. The maximum absolute atomic E-state index is 12.7. The Kier molecular flexibility index (Phi) is 5.11. The van der Waals surface area contributed by atoms with Crippen LogP contribution in [0.5, 0.6) is 11.5 Å². The van der Waals surface area contributed by atoms with Crippen LogP contribution < -0.4 is 9.47 Å². The summed E-state index contributed by atoms with van der Waals surface area (Å²) < 4.78 is 11.4. The van der Waals surface area contributed by atoms with Crippen LogP contribution in [0.4, 0.5) is 0 Å². The molecule has 0 N–H and O–H groups in total. The summed E-state index contributed by atoms with van der Waals surface area (Å²) in [5.41, 5.74) is 0. The van der Waals surface area contributed by atoms with Gasteiger partial charge in [0.15, 0.2) is 11.5 Å². The van der Waals surface area contributed by atoms with Crippen LogP contribution in [0.3, 0.4) is 0 Å². The molecule has 2 aliphatic heterocycles. The highest BCUT2D eigenvalue weighted by molar-refractivity contribution is 7.10. The Morgan fingerprint density at radius 2 is 1.74 bits per heavy atom. The lowest BCUT2D eigenvalue weighted by molar-refractivity contribution is -0.145. The van der Waals surface area contributed by atoms with Crippen LogP contribution in [0.2, 0.25) is 0 Å². The molecule has 2 aliphatic rings. The van der Waals surface area contributed by atoms with Gasteiger partial charge in [-0.2, -0.15) is 0 Å². The highest BCUT2D eigenvalue weighted by atomic mass is 32.1. The summed E-state index contributed by atoms with van der Waals surface area (Å²) in [6.07, 6.45) is 2.79. The van der Waals surface area contributed by atoms with Crippen LogP contribution >= 0.6 is 11.3 Å². The largest absolute Gasteiger partial charge is 0.485 e. The lowest BCUT2D eigenvalue weighted by atomic mass is 10.2. The zero-order valence-electron chi connectivity index (χ0n) is 14.7. The van der Waals surface area contributed by atoms with E-state index >= 15 is 0 Å². The SMILES string of the molecule is O=C(C=Cc1cccs1)N1CCN(C(=O)C2COc3ccccc3O2)CC1. The number of nitrogens with zero attached hydrogens (tertiary/aromatic N) is 2. The second-order valence-corrected chi connectivity index (χ2v) is 7.34.